The Labute approximate surface area is 117 Å². The number of hydrogen-bond donors (Lipinski definition) is 1. The molecule has 3 nitrogen and oxygen atoms in total. The van der Waals surface area contributed by atoms with Crippen molar-refractivity contribution >= 4 is 40.0 Å². The smallest absolute Gasteiger partial charge is 0.227 e. The van der Waals surface area contributed by atoms with Gasteiger partial charge in [0.05, 0.1) is 15.7 Å². The highest BCUT2D eigenvalue weighted by atomic mass is 35.5. The highest BCUT2D eigenvalue weighted by Crippen LogP contribution is 2.30. The Bertz CT molecular complexity index is 747. The van der Waals surface area contributed by atoms with Crippen molar-refractivity contribution < 1.29 is 8.81 Å². The van der Waals surface area contributed by atoms with Crippen LogP contribution in [0.3, 0.4) is 0 Å². The molecule has 0 aliphatic heterocycles. The number of nitrogens with zero attached hydrogens (tertiary/aromatic N) is 1. The highest BCUT2D eigenvalue weighted by Gasteiger charge is 2.12. The number of fused-ring (bicyclic) bond motifs is 1. The van der Waals surface area contributed by atoms with E-state index in [1.54, 1.807) is 18.2 Å². The molecule has 0 aliphatic rings. The van der Waals surface area contributed by atoms with Gasteiger partial charge in [0.2, 0.25) is 5.89 Å². The number of aromatic nitrogens is 1. The topological polar surface area (TPSA) is 52.0 Å². The number of rotatable bonds is 1. The summed E-state index contributed by atoms with van der Waals surface area (Å²) in [4.78, 5) is 4.24. The average Bonchev–Trinajstić information content (AvgIpc) is 2.76. The second kappa shape index (κ2) is 4.40. The molecular weight excluding hydrogens is 290 g/mol. The first-order chi connectivity index (χ1) is 9.04. The minimum absolute atomic E-state index is 0.00275. The van der Waals surface area contributed by atoms with Crippen molar-refractivity contribution in [3.8, 4) is 11.5 Å². The van der Waals surface area contributed by atoms with Gasteiger partial charge in [-0.1, -0.05) is 23.2 Å². The van der Waals surface area contributed by atoms with E-state index in [0.717, 1.165) is 0 Å². The molecule has 3 rings (SSSR count). The van der Waals surface area contributed by atoms with Gasteiger partial charge in [-0.15, -0.1) is 0 Å². The summed E-state index contributed by atoms with van der Waals surface area (Å²) in [5, 5.41) is 0.455. The monoisotopic (exact) mass is 296 g/mol. The van der Waals surface area contributed by atoms with Crippen LogP contribution < -0.4 is 5.73 Å². The van der Waals surface area contributed by atoms with Gasteiger partial charge in [0, 0.05) is 11.6 Å². The van der Waals surface area contributed by atoms with E-state index in [1.807, 2.05) is 0 Å². The molecule has 2 N–H and O–H groups in total. The second-order valence-electron chi connectivity index (χ2n) is 3.99. The molecule has 0 fully saturated rings. The van der Waals surface area contributed by atoms with Gasteiger partial charge >= 0.3 is 0 Å². The van der Waals surface area contributed by atoms with E-state index in [2.05, 4.69) is 4.98 Å². The predicted molar refractivity (Wildman–Crippen MR) is 73.8 cm³/mol. The van der Waals surface area contributed by atoms with Crippen molar-refractivity contribution in [3.63, 3.8) is 0 Å². The number of benzene rings is 2. The zero-order chi connectivity index (χ0) is 13.6. The van der Waals surface area contributed by atoms with Gasteiger partial charge in [-0.3, -0.25) is 0 Å². The summed E-state index contributed by atoms with van der Waals surface area (Å²) in [5.74, 6) is -0.215. The van der Waals surface area contributed by atoms with E-state index in [4.69, 9.17) is 33.4 Å². The third-order valence-corrected chi connectivity index (χ3v) is 3.31. The summed E-state index contributed by atoms with van der Waals surface area (Å²) >= 11 is 11.5. The summed E-state index contributed by atoms with van der Waals surface area (Å²) in [5.41, 5.74) is 7.61. The van der Waals surface area contributed by atoms with Crippen LogP contribution in [0.5, 0.6) is 0 Å². The maximum Gasteiger partial charge on any atom is 0.227 e. The number of nitrogen functional groups attached to an aromatic ring is 1. The Morgan fingerprint density at radius 3 is 2.63 bits per heavy atom. The van der Waals surface area contributed by atoms with Gasteiger partial charge in [-0.05, 0) is 24.3 Å². The van der Waals surface area contributed by atoms with E-state index in [9.17, 15) is 4.39 Å². The summed E-state index contributed by atoms with van der Waals surface area (Å²) < 4.78 is 18.8. The lowest BCUT2D eigenvalue weighted by molar-refractivity contribution is 0.602. The van der Waals surface area contributed by atoms with Gasteiger partial charge in [-0.25, -0.2) is 9.37 Å². The van der Waals surface area contributed by atoms with Crippen LogP contribution >= 0.6 is 23.2 Å². The zero-order valence-corrected chi connectivity index (χ0v) is 11.0. The van der Waals surface area contributed by atoms with Gasteiger partial charge in [0.15, 0.2) is 5.58 Å². The van der Waals surface area contributed by atoms with Crippen molar-refractivity contribution in [1.82, 2.24) is 4.98 Å². The van der Waals surface area contributed by atoms with Gasteiger partial charge in [0.1, 0.15) is 11.3 Å². The van der Waals surface area contributed by atoms with E-state index in [-0.39, 0.29) is 5.02 Å². The Morgan fingerprint density at radius 1 is 1.11 bits per heavy atom. The zero-order valence-electron chi connectivity index (χ0n) is 9.45. The van der Waals surface area contributed by atoms with Crippen LogP contribution in [-0.2, 0) is 0 Å². The van der Waals surface area contributed by atoms with Crippen LogP contribution in [0, 0.1) is 5.82 Å². The van der Waals surface area contributed by atoms with Crippen molar-refractivity contribution in [3.05, 3.63) is 46.2 Å². The van der Waals surface area contributed by atoms with Crippen LogP contribution in [-0.4, -0.2) is 4.98 Å². The van der Waals surface area contributed by atoms with Crippen LogP contribution in [0.4, 0.5) is 10.1 Å². The second-order valence-corrected chi connectivity index (χ2v) is 4.80. The lowest BCUT2D eigenvalue weighted by Crippen LogP contribution is -1.87. The molecule has 0 bridgehead atoms. The molecule has 19 heavy (non-hydrogen) atoms. The lowest BCUT2D eigenvalue weighted by Gasteiger charge is -1.99. The lowest BCUT2D eigenvalue weighted by atomic mass is 10.2. The number of nitrogens with two attached hydrogens (primary N) is 1. The van der Waals surface area contributed by atoms with Crippen LogP contribution in [0.15, 0.2) is 34.7 Å². The van der Waals surface area contributed by atoms with Crippen molar-refractivity contribution in [2.45, 2.75) is 0 Å². The molecule has 0 spiro atoms. The molecular formula is C13H7Cl2FN2O. The molecule has 0 saturated heterocycles. The molecule has 96 valence electrons. The summed E-state index contributed by atoms with van der Waals surface area (Å²) in [7, 11) is 0. The van der Waals surface area contributed by atoms with Crippen LogP contribution in [0.2, 0.25) is 10.0 Å². The Morgan fingerprint density at radius 2 is 1.89 bits per heavy atom. The Balaban J connectivity index is 2.17. The van der Waals surface area contributed by atoms with E-state index < -0.39 is 5.82 Å². The summed E-state index contributed by atoms with van der Waals surface area (Å²) in [6.07, 6.45) is 0. The molecule has 1 aromatic heterocycles. The highest BCUT2D eigenvalue weighted by molar-refractivity contribution is 6.33. The molecule has 0 radical (unpaired) electrons. The standard InChI is InChI=1S/C13H7Cl2FN2O/c14-7-2-1-6(3-10(7)17)13-18-11-4-8(15)9(16)5-12(11)19-13/h1-5H,17H2. The number of hydrogen-bond acceptors (Lipinski definition) is 3. The first-order valence-electron chi connectivity index (χ1n) is 5.35. The maximum absolute atomic E-state index is 13.3. The molecule has 0 unspecified atom stereocenters. The first-order valence-corrected chi connectivity index (χ1v) is 6.11. The molecule has 6 heteroatoms. The number of oxazole rings is 1. The Kier molecular flexibility index (Phi) is 2.84. The van der Waals surface area contributed by atoms with Gasteiger partial charge in [0.25, 0.3) is 0 Å². The fourth-order valence-corrected chi connectivity index (χ4v) is 2.00. The SMILES string of the molecule is Nc1cc(-c2nc3cc(Cl)c(F)cc3o2)ccc1Cl. The summed E-state index contributed by atoms with van der Waals surface area (Å²) in [6.45, 7) is 0. The van der Waals surface area contributed by atoms with Crippen LogP contribution in [0.1, 0.15) is 0 Å². The van der Waals surface area contributed by atoms with E-state index in [1.165, 1.54) is 12.1 Å². The quantitative estimate of drug-likeness (QED) is 0.672. The van der Waals surface area contributed by atoms with Crippen molar-refractivity contribution in [1.29, 1.82) is 0 Å². The predicted octanol–water partition coefficient (Wildman–Crippen LogP) is 4.52. The minimum Gasteiger partial charge on any atom is -0.436 e. The molecule has 2 aromatic carbocycles. The van der Waals surface area contributed by atoms with E-state index >= 15 is 0 Å². The molecule has 0 atom stereocenters. The average molecular weight is 297 g/mol. The van der Waals surface area contributed by atoms with E-state index in [0.29, 0.717) is 33.3 Å². The van der Waals surface area contributed by atoms with Crippen molar-refractivity contribution in [2.75, 3.05) is 5.73 Å². The molecule has 0 amide bonds. The molecule has 3 aromatic rings. The molecule has 0 saturated carbocycles. The number of halogens is 3. The third-order valence-electron chi connectivity index (χ3n) is 2.67. The normalized spacial score (nSPS) is 11.1. The third kappa shape index (κ3) is 2.13. The Hall–Kier alpha value is -1.78. The summed E-state index contributed by atoms with van der Waals surface area (Å²) in [6, 6.07) is 7.63. The van der Waals surface area contributed by atoms with Crippen molar-refractivity contribution in [2.24, 2.45) is 0 Å². The van der Waals surface area contributed by atoms with Crippen LogP contribution in [0.25, 0.3) is 22.6 Å². The minimum atomic E-state index is -0.549. The number of anilines is 1. The fourth-order valence-electron chi connectivity index (χ4n) is 1.72. The maximum atomic E-state index is 13.3. The molecule has 0 aliphatic carbocycles. The fraction of sp³-hybridized carbons (Fsp3) is 0. The largest absolute Gasteiger partial charge is 0.436 e. The van der Waals surface area contributed by atoms with Gasteiger partial charge in [-0.2, -0.15) is 0 Å². The molecule has 1 heterocycles. The first kappa shape index (κ1) is 12.3. The van der Waals surface area contributed by atoms with Gasteiger partial charge < -0.3 is 10.2 Å².